The van der Waals surface area contributed by atoms with Gasteiger partial charge >= 0.3 is 0 Å². The van der Waals surface area contributed by atoms with Gasteiger partial charge in [0, 0.05) is 11.8 Å². The van der Waals surface area contributed by atoms with Crippen LogP contribution in [0.3, 0.4) is 0 Å². The van der Waals surface area contributed by atoms with Crippen LogP contribution in [-0.4, -0.2) is 27.5 Å². The lowest BCUT2D eigenvalue weighted by Crippen LogP contribution is -2.02. The van der Waals surface area contributed by atoms with E-state index in [1.165, 1.54) is 12.3 Å². The van der Waals surface area contributed by atoms with Crippen LogP contribution < -0.4 is 0 Å². The van der Waals surface area contributed by atoms with Crippen LogP contribution in [0.5, 0.6) is 0 Å². The Morgan fingerprint density at radius 3 is 2.75 bits per heavy atom. The average molecular weight is 262 g/mol. The van der Waals surface area contributed by atoms with Crippen LogP contribution in [0.2, 0.25) is 5.02 Å². The van der Waals surface area contributed by atoms with E-state index in [4.69, 9.17) is 16.4 Å². The summed E-state index contributed by atoms with van der Waals surface area (Å²) in [5.74, 6) is 0. The Kier molecular flexibility index (Phi) is 4.32. The number of halogens is 1. The van der Waals surface area contributed by atoms with Crippen molar-refractivity contribution in [3.05, 3.63) is 28.8 Å². The topological polar surface area (TPSA) is 55.7 Å². The molecule has 0 fully saturated rings. The summed E-state index contributed by atoms with van der Waals surface area (Å²) in [6.45, 7) is 2.19. The van der Waals surface area contributed by atoms with E-state index in [0.29, 0.717) is 17.2 Å². The molecule has 1 rings (SSSR count). The second kappa shape index (κ2) is 5.32. The summed E-state index contributed by atoms with van der Waals surface area (Å²) in [6.07, 6.45) is 2.43. The van der Waals surface area contributed by atoms with Crippen LogP contribution >= 0.6 is 11.6 Å². The summed E-state index contributed by atoms with van der Waals surface area (Å²) in [5.41, 5.74) is 0.347. The van der Waals surface area contributed by atoms with Crippen molar-refractivity contribution >= 4 is 27.7 Å². The third-order valence-electron chi connectivity index (χ3n) is 1.80. The minimum absolute atomic E-state index is 0.142. The van der Waals surface area contributed by atoms with Gasteiger partial charge in [-0.25, -0.2) is 8.42 Å². The van der Waals surface area contributed by atoms with Gasteiger partial charge in [-0.1, -0.05) is 22.8 Å². The first-order valence-corrected chi connectivity index (χ1v) is 6.87. The number of benzene rings is 1. The van der Waals surface area contributed by atoms with Crippen LogP contribution in [0.15, 0.2) is 28.3 Å². The van der Waals surface area contributed by atoms with Crippen molar-refractivity contribution < 1.29 is 13.3 Å². The molecule has 0 atom stereocenters. The predicted octanol–water partition coefficient (Wildman–Crippen LogP) is 2.11. The number of hydrogen-bond acceptors (Lipinski definition) is 4. The fourth-order valence-electron chi connectivity index (χ4n) is 1.13. The van der Waals surface area contributed by atoms with Gasteiger partial charge in [-0.3, -0.25) is 0 Å². The van der Waals surface area contributed by atoms with Gasteiger partial charge in [0.1, 0.15) is 6.61 Å². The first kappa shape index (κ1) is 13.0. The van der Waals surface area contributed by atoms with Crippen LogP contribution in [0, 0.1) is 0 Å². The molecule has 0 N–H and O–H groups in total. The Balaban J connectivity index is 3.25. The SMILES string of the molecule is CCON=Cc1c(Cl)cccc1S(C)(=O)=O. The highest BCUT2D eigenvalue weighted by atomic mass is 35.5. The van der Waals surface area contributed by atoms with Crippen molar-refractivity contribution in [3.8, 4) is 0 Å². The normalized spacial score (nSPS) is 11.9. The predicted molar refractivity (Wildman–Crippen MR) is 63.8 cm³/mol. The summed E-state index contributed by atoms with van der Waals surface area (Å²) < 4.78 is 23.0. The summed E-state index contributed by atoms with van der Waals surface area (Å²) in [7, 11) is -3.32. The molecule has 0 spiro atoms. The molecule has 0 aliphatic carbocycles. The highest BCUT2D eigenvalue weighted by Crippen LogP contribution is 2.22. The first-order valence-electron chi connectivity index (χ1n) is 4.60. The van der Waals surface area contributed by atoms with E-state index in [2.05, 4.69) is 5.16 Å². The van der Waals surface area contributed by atoms with Gasteiger partial charge in [-0.15, -0.1) is 0 Å². The van der Waals surface area contributed by atoms with Gasteiger partial charge in [-0.05, 0) is 19.1 Å². The molecule has 1 aromatic rings. The molecule has 16 heavy (non-hydrogen) atoms. The van der Waals surface area contributed by atoms with Crippen molar-refractivity contribution in [2.45, 2.75) is 11.8 Å². The van der Waals surface area contributed by atoms with E-state index < -0.39 is 9.84 Å². The van der Waals surface area contributed by atoms with Crippen LogP contribution in [0.1, 0.15) is 12.5 Å². The summed E-state index contributed by atoms with van der Waals surface area (Å²) in [4.78, 5) is 4.92. The molecule has 88 valence electrons. The smallest absolute Gasteiger partial charge is 0.176 e. The lowest BCUT2D eigenvalue weighted by atomic mass is 10.2. The number of nitrogens with zero attached hydrogens (tertiary/aromatic N) is 1. The van der Waals surface area contributed by atoms with Gasteiger partial charge < -0.3 is 4.84 Å². The Hall–Kier alpha value is -1.07. The Morgan fingerprint density at radius 2 is 2.19 bits per heavy atom. The maximum Gasteiger partial charge on any atom is 0.176 e. The average Bonchev–Trinajstić information content (AvgIpc) is 2.19. The molecular weight excluding hydrogens is 250 g/mol. The Bertz CT molecular complexity index is 497. The van der Waals surface area contributed by atoms with E-state index >= 15 is 0 Å². The quantitative estimate of drug-likeness (QED) is 0.616. The Labute approximate surface area is 99.8 Å². The number of hydrogen-bond donors (Lipinski definition) is 0. The minimum Gasteiger partial charge on any atom is -0.396 e. The molecule has 0 heterocycles. The minimum atomic E-state index is -3.32. The second-order valence-electron chi connectivity index (χ2n) is 3.08. The van der Waals surface area contributed by atoms with E-state index in [9.17, 15) is 8.42 Å². The molecule has 0 aliphatic rings. The molecule has 0 bridgehead atoms. The third kappa shape index (κ3) is 3.21. The molecule has 0 saturated carbocycles. The van der Waals surface area contributed by atoms with Crippen molar-refractivity contribution in [3.63, 3.8) is 0 Å². The standard InChI is InChI=1S/C10H12ClNO3S/c1-3-15-12-7-8-9(11)5-4-6-10(8)16(2,13)14/h4-7H,3H2,1-2H3. The molecule has 4 nitrogen and oxygen atoms in total. The zero-order valence-electron chi connectivity index (χ0n) is 8.97. The molecule has 0 amide bonds. The van der Waals surface area contributed by atoms with Gasteiger partial charge in [0.25, 0.3) is 0 Å². The van der Waals surface area contributed by atoms with Crippen LogP contribution in [0.4, 0.5) is 0 Å². The number of sulfone groups is 1. The lowest BCUT2D eigenvalue weighted by Gasteiger charge is -2.04. The number of oxime groups is 1. The lowest BCUT2D eigenvalue weighted by molar-refractivity contribution is 0.160. The van der Waals surface area contributed by atoms with Crippen molar-refractivity contribution in [1.82, 2.24) is 0 Å². The summed E-state index contributed by atoms with van der Waals surface area (Å²) >= 11 is 5.90. The molecule has 0 radical (unpaired) electrons. The van der Waals surface area contributed by atoms with Crippen LogP contribution in [-0.2, 0) is 14.7 Å². The first-order chi connectivity index (χ1) is 7.46. The van der Waals surface area contributed by atoms with Gasteiger partial charge in [-0.2, -0.15) is 0 Å². The fourth-order valence-corrected chi connectivity index (χ4v) is 2.30. The summed E-state index contributed by atoms with van der Waals surface area (Å²) in [5, 5.41) is 3.95. The van der Waals surface area contributed by atoms with E-state index in [1.54, 1.807) is 19.1 Å². The Morgan fingerprint density at radius 1 is 1.50 bits per heavy atom. The van der Waals surface area contributed by atoms with Crippen LogP contribution in [0.25, 0.3) is 0 Å². The zero-order chi connectivity index (χ0) is 12.2. The third-order valence-corrected chi connectivity index (χ3v) is 3.28. The largest absolute Gasteiger partial charge is 0.396 e. The van der Waals surface area contributed by atoms with Gasteiger partial charge in [0.2, 0.25) is 0 Å². The molecular formula is C10H12ClNO3S. The summed E-state index contributed by atoms with van der Waals surface area (Å²) in [6, 6.07) is 4.66. The van der Waals surface area contributed by atoms with E-state index in [-0.39, 0.29) is 4.90 Å². The number of rotatable bonds is 4. The van der Waals surface area contributed by atoms with Crippen molar-refractivity contribution in [1.29, 1.82) is 0 Å². The molecule has 0 aliphatic heterocycles. The molecule has 6 heteroatoms. The highest BCUT2D eigenvalue weighted by molar-refractivity contribution is 7.90. The second-order valence-corrected chi connectivity index (χ2v) is 5.47. The molecule has 0 unspecified atom stereocenters. The van der Waals surface area contributed by atoms with Gasteiger partial charge in [0.05, 0.1) is 16.1 Å². The highest BCUT2D eigenvalue weighted by Gasteiger charge is 2.14. The van der Waals surface area contributed by atoms with E-state index in [1.807, 2.05) is 0 Å². The van der Waals surface area contributed by atoms with Crippen molar-refractivity contribution in [2.75, 3.05) is 12.9 Å². The monoisotopic (exact) mass is 261 g/mol. The maximum absolute atomic E-state index is 11.5. The molecule has 1 aromatic carbocycles. The zero-order valence-corrected chi connectivity index (χ0v) is 10.5. The van der Waals surface area contributed by atoms with Gasteiger partial charge in [0.15, 0.2) is 9.84 Å². The molecule has 0 aromatic heterocycles. The maximum atomic E-state index is 11.5. The van der Waals surface area contributed by atoms with Crippen molar-refractivity contribution in [2.24, 2.45) is 5.16 Å². The van der Waals surface area contributed by atoms with E-state index in [0.717, 1.165) is 6.26 Å². The fraction of sp³-hybridized carbons (Fsp3) is 0.300. The molecule has 0 saturated heterocycles.